The molecular formula is C32H42N6O4Si. The van der Waals surface area contributed by atoms with Crippen LogP contribution in [0.3, 0.4) is 0 Å². The molecule has 228 valence electrons. The van der Waals surface area contributed by atoms with E-state index >= 15 is 0 Å². The highest BCUT2D eigenvalue weighted by Gasteiger charge is 2.46. The third-order valence-corrected chi connectivity index (χ3v) is 14.2. The summed E-state index contributed by atoms with van der Waals surface area (Å²) in [5.41, 5.74) is 4.17. The standard InChI is InChI=1S/C32H42N6O4Si/c1-32(2,3)43(6,7)42-27-19-37(31(40)41)18-26(27)36(5)30(39)22-12-13-24-23(15-22)34-29(35(24)4)25-16-21-9-8-14-33-28(21)38(25)17-20-10-11-20/h8-9,12-16,20,26-27H,10-11,17-19H2,1-7H3,(H,40,41)/t26-,27+/m0/s1. The Morgan fingerprint density at radius 3 is 2.56 bits per heavy atom. The average molecular weight is 603 g/mol. The number of imidazole rings is 1. The normalized spacial score (nSPS) is 19.5. The lowest BCUT2D eigenvalue weighted by Crippen LogP contribution is -2.51. The highest BCUT2D eigenvalue weighted by molar-refractivity contribution is 6.74. The van der Waals surface area contributed by atoms with E-state index in [1.165, 1.54) is 17.7 Å². The highest BCUT2D eigenvalue weighted by Crippen LogP contribution is 2.39. The Bertz CT molecular complexity index is 1720. The second-order valence-corrected chi connectivity index (χ2v) is 18.5. The van der Waals surface area contributed by atoms with E-state index in [0.29, 0.717) is 11.5 Å². The van der Waals surface area contributed by atoms with Gasteiger partial charge in [0, 0.05) is 44.3 Å². The Kier molecular flexibility index (Phi) is 7.16. The summed E-state index contributed by atoms with van der Waals surface area (Å²) in [6, 6.07) is 11.4. The van der Waals surface area contributed by atoms with Crippen LogP contribution in [0.4, 0.5) is 4.79 Å². The highest BCUT2D eigenvalue weighted by atomic mass is 28.4. The van der Waals surface area contributed by atoms with Crippen molar-refractivity contribution in [2.24, 2.45) is 13.0 Å². The van der Waals surface area contributed by atoms with Gasteiger partial charge in [0.05, 0.1) is 35.4 Å². The minimum atomic E-state index is -2.21. The van der Waals surface area contributed by atoms with Gasteiger partial charge in [-0.05, 0) is 73.3 Å². The quantitative estimate of drug-likeness (QED) is 0.267. The second kappa shape index (κ2) is 10.5. The van der Waals surface area contributed by atoms with Gasteiger partial charge in [0.25, 0.3) is 5.91 Å². The summed E-state index contributed by atoms with van der Waals surface area (Å²) in [5, 5.41) is 10.8. The number of carboxylic acid groups (broad SMARTS) is 1. The van der Waals surface area contributed by atoms with Crippen LogP contribution in [0, 0.1) is 5.92 Å². The third-order valence-electron chi connectivity index (χ3n) is 9.73. The molecule has 11 heteroatoms. The summed E-state index contributed by atoms with van der Waals surface area (Å²) >= 11 is 0. The molecule has 2 amide bonds. The Labute approximate surface area is 253 Å². The number of fused-ring (bicyclic) bond motifs is 2. The van der Waals surface area contributed by atoms with E-state index < -0.39 is 26.6 Å². The molecule has 3 aromatic heterocycles. The minimum absolute atomic E-state index is 0.0427. The lowest BCUT2D eigenvalue weighted by Gasteiger charge is -2.40. The first kappa shape index (κ1) is 29.4. The number of aryl methyl sites for hydroxylation is 1. The molecule has 2 aliphatic rings. The van der Waals surface area contributed by atoms with E-state index in [2.05, 4.69) is 60.1 Å². The van der Waals surface area contributed by atoms with Crippen molar-refractivity contribution in [1.29, 1.82) is 0 Å². The van der Waals surface area contributed by atoms with E-state index in [4.69, 9.17) is 9.41 Å². The van der Waals surface area contributed by atoms with E-state index in [1.807, 2.05) is 37.5 Å². The van der Waals surface area contributed by atoms with Crippen molar-refractivity contribution in [3.05, 3.63) is 48.2 Å². The number of amides is 2. The van der Waals surface area contributed by atoms with Gasteiger partial charge in [-0.3, -0.25) is 4.79 Å². The number of likely N-dealkylation sites (tertiary alicyclic amines) is 1. The topological polar surface area (TPSA) is 106 Å². The Balaban J connectivity index is 1.31. The second-order valence-electron chi connectivity index (χ2n) is 13.8. The Hall–Kier alpha value is -3.70. The van der Waals surface area contributed by atoms with Crippen LogP contribution < -0.4 is 0 Å². The van der Waals surface area contributed by atoms with Gasteiger partial charge in [-0.25, -0.2) is 14.8 Å². The molecule has 1 saturated heterocycles. The van der Waals surface area contributed by atoms with Gasteiger partial charge in [-0.1, -0.05) is 20.8 Å². The van der Waals surface area contributed by atoms with Crippen LogP contribution in [0.1, 0.15) is 44.0 Å². The fourth-order valence-corrected chi connectivity index (χ4v) is 7.23. The van der Waals surface area contributed by atoms with Gasteiger partial charge in [0.15, 0.2) is 14.1 Å². The van der Waals surface area contributed by atoms with Gasteiger partial charge in [0.1, 0.15) is 5.65 Å². The van der Waals surface area contributed by atoms with Crippen molar-refractivity contribution in [2.45, 2.75) is 70.4 Å². The SMILES string of the molecule is CN(C(=O)c1ccc2c(c1)nc(-c1cc3cccnc3n1CC1CC1)n2C)[C@H]1CN(C(=O)O)C[C@H]1O[Si](C)(C)C(C)(C)C. The fraction of sp³-hybridized carbons (Fsp3) is 0.500. The number of hydrogen-bond acceptors (Lipinski definition) is 5. The van der Waals surface area contributed by atoms with Gasteiger partial charge >= 0.3 is 6.09 Å². The molecule has 1 aliphatic carbocycles. The number of aromatic nitrogens is 4. The zero-order valence-corrected chi connectivity index (χ0v) is 27.2. The summed E-state index contributed by atoms with van der Waals surface area (Å²) in [5.74, 6) is 1.33. The van der Waals surface area contributed by atoms with Crippen LogP contribution in [0.25, 0.3) is 33.6 Å². The first-order valence-corrected chi connectivity index (χ1v) is 18.0. The van der Waals surface area contributed by atoms with Crippen LogP contribution in [-0.4, -0.2) is 86.6 Å². The molecule has 1 N–H and O–H groups in total. The fourth-order valence-electron chi connectivity index (χ4n) is 5.89. The molecule has 1 aliphatic heterocycles. The number of likely N-dealkylation sites (N-methyl/N-ethyl adjacent to an activating group) is 1. The van der Waals surface area contributed by atoms with Gasteiger partial charge in [0.2, 0.25) is 0 Å². The van der Waals surface area contributed by atoms with Gasteiger partial charge in [-0.2, -0.15) is 0 Å². The first-order valence-electron chi connectivity index (χ1n) is 15.1. The molecular weight excluding hydrogens is 560 g/mol. The van der Waals surface area contributed by atoms with Crippen molar-refractivity contribution in [1.82, 2.24) is 28.9 Å². The third kappa shape index (κ3) is 5.33. The largest absolute Gasteiger partial charge is 0.465 e. The van der Waals surface area contributed by atoms with E-state index in [9.17, 15) is 14.7 Å². The minimum Gasteiger partial charge on any atom is -0.465 e. The first-order chi connectivity index (χ1) is 20.2. The number of carbonyl (C=O) groups excluding carboxylic acids is 1. The number of hydrogen-bond donors (Lipinski definition) is 1. The number of nitrogens with zero attached hydrogens (tertiary/aromatic N) is 6. The molecule has 1 aromatic carbocycles. The average Bonchev–Trinajstić information content (AvgIpc) is 3.42. The van der Waals surface area contributed by atoms with Crippen molar-refractivity contribution < 1.29 is 19.1 Å². The Morgan fingerprint density at radius 1 is 1.14 bits per heavy atom. The smallest absolute Gasteiger partial charge is 0.407 e. The molecule has 0 radical (unpaired) electrons. The number of pyridine rings is 1. The summed E-state index contributed by atoms with van der Waals surface area (Å²) in [6.45, 7) is 12.2. The molecule has 2 atom stereocenters. The number of rotatable bonds is 7. The predicted octanol–water partition coefficient (Wildman–Crippen LogP) is 5.82. The molecule has 2 fully saturated rings. The van der Waals surface area contributed by atoms with Gasteiger partial charge < -0.3 is 28.5 Å². The molecule has 10 nitrogen and oxygen atoms in total. The van der Waals surface area contributed by atoms with Crippen molar-refractivity contribution in [3.63, 3.8) is 0 Å². The molecule has 4 aromatic rings. The van der Waals surface area contributed by atoms with Gasteiger partial charge in [-0.15, -0.1) is 0 Å². The van der Waals surface area contributed by atoms with Crippen molar-refractivity contribution in [3.8, 4) is 11.5 Å². The summed E-state index contributed by atoms with van der Waals surface area (Å²) in [4.78, 5) is 38.5. The number of benzene rings is 1. The van der Waals surface area contributed by atoms with Crippen molar-refractivity contribution in [2.75, 3.05) is 20.1 Å². The zero-order chi connectivity index (χ0) is 30.8. The summed E-state index contributed by atoms with van der Waals surface area (Å²) in [6.07, 6.45) is 2.92. The number of carbonyl (C=O) groups is 2. The maximum atomic E-state index is 13.9. The van der Waals surface area contributed by atoms with Crippen LogP contribution in [0.2, 0.25) is 18.1 Å². The van der Waals surface area contributed by atoms with E-state index in [0.717, 1.165) is 40.1 Å². The molecule has 1 saturated carbocycles. The summed E-state index contributed by atoms with van der Waals surface area (Å²) in [7, 11) is 1.55. The van der Waals surface area contributed by atoms with Crippen molar-refractivity contribution >= 4 is 42.4 Å². The van der Waals surface area contributed by atoms with Crippen LogP contribution in [-0.2, 0) is 18.0 Å². The maximum Gasteiger partial charge on any atom is 0.407 e. The molecule has 0 spiro atoms. The van der Waals surface area contributed by atoms with Crippen LogP contribution in [0.15, 0.2) is 42.6 Å². The molecule has 43 heavy (non-hydrogen) atoms. The monoisotopic (exact) mass is 602 g/mol. The lowest BCUT2D eigenvalue weighted by molar-refractivity contribution is 0.0601. The van der Waals surface area contributed by atoms with Crippen LogP contribution >= 0.6 is 0 Å². The zero-order valence-electron chi connectivity index (χ0n) is 26.2. The van der Waals surface area contributed by atoms with E-state index in [-0.39, 0.29) is 24.0 Å². The van der Waals surface area contributed by atoms with Crippen LogP contribution in [0.5, 0.6) is 0 Å². The molecule has 0 unspecified atom stereocenters. The van der Waals surface area contributed by atoms with E-state index in [1.54, 1.807) is 11.9 Å². The summed E-state index contributed by atoms with van der Waals surface area (Å²) < 4.78 is 11.0. The predicted molar refractivity (Wildman–Crippen MR) is 170 cm³/mol. The molecule has 6 rings (SSSR count). The maximum absolute atomic E-state index is 13.9. The molecule has 4 heterocycles. The Morgan fingerprint density at radius 2 is 1.88 bits per heavy atom. The molecule has 0 bridgehead atoms. The lowest BCUT2D eigenvalue weighted by atomic mass is 10.1.